The number of halogens is 2. The molecule has 0 aliphatic rings. The number of fused-ring (bicyclic) bond motifs is 1. The van der Waals surface area contributed by atoms with E-state index in [4.69, 9.17) is 9.47 Å². The van der Waals surface area contributed by atoms with Crippen LogP contribution in [0.5, 0.6) is 11.5 Å². The molecule has 8 heteroatoms. The first-order valence-corrected chi connectivity index (χ1v) is 12.6. The van der Waals surface area contributed by atoms with Gasteiger partial charge >= 0.3 is 0 Å². The number of carbonyl (C=O) groups is 2. The molecule has 4 aromatic rings. The summed E-state index contributed by atoms with van der Waals surface area (Å²) in [7, 11) is 3.03. The quantitative estimate of drug-likeness (QED) is 0.203. The first kappa shape index (κ1) is 25.0. The molecule has 2 aromatic carbocycles. The second-order valence-electron chi connectivity index (χ2n) is 7.88. The molecule has 35 heavy (non-hydrogen) atoms. The number of carbonyl (C=O) groups excluding carboxylic acids is 2. The van der Waals surface area contributed by atoms with Gasteiger partial charge in [-0.1, -0.05) is 19.1 Å². The van der Waals surface area contributed by atoms with Gasteiger partial charge in [0.2, 0.25) is 0 Å². The van der Waals surface area contributed by atoms with Crippen molar-refractivity contribution in [2.45, 2.75) is 26.2 Å². The van der Waals surface area contributed by atoms with Crippen molar-refractivity contribution < 1.29 is 23.5 Å². The van der Waals surface area contributed by atoms with Gasteiger partial charge in [0, 0.05) is 29.4 Å². The number of aromatic nitrogens is 1. The summed E-state index contributed by atoms with van der Waals surface area (Å²) in [5, 5.41) is 0.740. The number of benzene rings is 2. The van der Waals surface area contributed by atoms with E-state index in [-0.39, 0.29) is 30.2 Å². The van der Waals surface area contributed by atoms with Gasteiger partial charge in [0.1, 0.15) is 11.5 Å². The number of nitrogens with zero attached hydrogens (tertiary/aromatic N) is 1. The molecule has 0 N–H and O–H groups in total. The SMILES string of the molecule is CCc1cc(C(=O)CCC(=O)c2ccc(OC)c(OC)c2)nc(-c2c(Br)sc3c(F)cccc23)c1. The van der Waals surface area contributed by atoms with E-state index in [2.05, 4.69) is 20.9 Å². The molecule has 0 atom stereocenters. The van der Waals surface area contributed by atoms with Gasteiger partial charge in [-0.15, -0.1) is 11.3 Å². The number of Topliss-reactive ketones (excluding diaryl/α,β-unsaturated/α-hetero) is 2. The van der Waals surface area contributed by atoms with E-state index >= 15 is 0 Å². The highest BCUT2D eigenvalue weighted by molar-refractivity contribution is 9.11. The van der Waals surface area contributed by atoms with Crippen LogP contribution in [0.2, 0.25) is 0 Å². The Hall–Kier alpha value is -3.10. The van der Waals surface area contributed by atoms with Crippen LogP contribution in [0.3, 0.4) is 0 Å². The van der Waals surface area contributed by atoms with Crippen molar-refractivity contribution in [2.24, 2.45) is 0 Å². The zero-order valence-corrected chi connectivity index (χ0v) is 21.9. The molecule has 5 nitrogen and oxygen atoms in total. The standard InChI is InChI=1S/C27H23BrFNO4S/c1-4-15-12-19(22(32)10-9-21(31)16-8-11-23(33-2)24(14-16)34-3)30-20(13-15)25-17-6-5-7-18(29)26(17)35-27(25)28/h5-8,11-14H,4,9-10H2,1-3H3. The first-order valence-electron chi connectivity index (χ1n) is 11.0. The number of methoxy groups -OCH3 is 2. The number of ether oxygens (including phenoxy) is 2. The third-order valence-electron chi connectivity index (χ3n) is 5.74. The van der Waals surface area contributed by atoms with Crippen LogP contribution in [0.4, 0.5) is 4.39 Å². The van der Waals surface area contributed by atoms with Gasteiger partial charge in [-0.3, -0.25) is 9.59 Å². The largest absolute Gasteiger partial charge is 0.493 e. The maximum atomic E-state index is 14.3. The summed E-state index contributed by atoms with van der Waals surface area (Å²) >= 11 is 4.85. The molecule has 0 saturated heterocycles. The van der Waals surface area contributed by atoms with Crippen LogP contribution in [0.1, 0.15) is 46.2 Å². The van der Waals surface area contributed by atoms with E-state index in [1.54, 1.807) is 30.3 Å². The Kier molecular flexibility index (Phi) is 7.62. The number of hydrogen-bond donors (Lipinski definition) is 0. The number of pyridine rings is 1. The average Bonchev–Trinajstić information content (AvgIpc) is 3.23. The first-order chi connectivity index (χ1) is 16.9. The minimum Gasteiger partial charge on any atom is -0.493 e. The third-order valence-corrected chi connectivity index (χ3v) is 7.63. The van der Waals surface area contributed by atoms with E-state index in [9.17, 15) is 14.0 Å². The Morgan fingerprint density at radius 1 is 1.00 bits per heavy atom. The van der Waals surface area contributed by atoms with Crippen LogP contribution >= 0.6 is 27.3 Å². The van der Waals surface area contributed by atoms with E-state index < -0.39 is 0 Å². The number of ketones is 2. The molecular formula is C27H23BrFNO4S. The fourth-order valence-electron chi connectivity index (χ4n) is 3.87. The van der Waals surface area contributed by atoms with Gasteiger partial charge in [-0.05, 0) is 64.3 Å². The molecule has 0 unspecified atom stereocenters. The fraction of sp³-hybridized carbons (Fsp3) is 0.222. The monoisotopic (exact) mass is 555 g/mol. The lowest BCUT2D eigenvalue weighted by Gasteiger charge is -2.10. The summed E-state index contributed by atoms with van der Waals surface area (Å²) in [5.41, 5.74) is 3.04. The van der Waals surface area contributed by atoms with Crippen molar-refractivity contribution in [1.29, 1.82) is 0 Å². The molecule has 0 spiro atoms. The summed E-state index contributed by atoms with van der Waals surface area (Å²) in [6.45, 7) is 1.99. The van der Waals surface area contributed by atoms with Crippen LogP contribution in [-0.4, -0.2) is 30.8 Å². The summed E-state index contributed by atoms with van der Waals surface area (Å²) in [6.07, 6.45) is 0.763. The molecule has 180 valence electrons. The second kappa shape index (κ2) is 10.7. The Balaban J connectivity index is 1.60. The van der Waals surface area contributed by atoms with Crippen LogP contribution in [0, 0.1) is 5.82 Å². The van der Waals surface area contributed by atoms with Crippen molar-refractivity contribution in [2.75, 3.05) is 14.2 Å². The van der Waals surface area contributed by atoms with Gasteiger partial charge in [0.05, 0.1) is 28.4 Å². The molecule has 0 amide bonds. The van der Waals surface area contributed by atoms with Crippen LogP contribution < -0.4 is 9.47 Å². The maximum Gasteiger partial charge on any atom is 0.181 e. The summed E-state index contributed by atoms with van der Waals surface area (Å²) in [5.74, 6) is 0.290. The summed E-state index contributed by atoms with van der Waals surface area (Å²) in [6, 6.07) is 13.5. The zero-order valence-electron chi connectivity index (χ0n) is 19.5. The van der Waals surface area contributed by atoms with Gasteiger partial charge < -0.3 is 9.47 Å². The van der Waals surface area contributed by atoms with Gasteiger partial charge in [0.25, 0.3) is 0 Å². The number of thiophene rings is 1. The lowest BCUT2D eigenvalue weighted by molar-refractivity contribution is 0.0915. The molecule has 0 radical (unpaired) electrons. The van der Waals surface area contributed by atoms with Crippen molar-refractivity contribution in [3.05, 3.63) is 75.0 Å². The van der Waals surface area contributed by atoms with E-state index in [1.165, 1.54) is 31.6 Å². The van der Waals surface area contributed by atoms with Crippen molar-refractivity contribution in [3.63, 3.8) is 0 Å². The second-order valence-corrected chi connectivity index (χ2v) is 10.2. The highest BCUT2D eigenvalue weighted by Gasteiger charge is 2.20. The maximum absolute atomic E-state index is 14.3. The molecule has 0 bridgehead atoms. The molecule has 2 heterocycles. The number of rotatable bonds is 9. The molecule has 0 aliphatic heterocycles. The average molecular weight is 556 g/mol. The van der Waals surface area contributed by atoms with E-state index in [1.807, 2.05) is 19.1 Å². The molecule has 2 aromatic heterocycles. The smallest absolute Gasteiger partial charge is 0.181 e. The highest BCUT2D eigenvalue weighted by Crippen LogP contribution is 2.42. The molecule has 0 aliphatic carbocycles. The molecular weight excluding hydrogens is 533 g/mol. The fourth-order valence-corrected chi connectivity index (χ4v) is 5.71. The van der Waals surface area contributed by atoms with E-state index in [0.717, 1.165) is 20.3 Å². The lowest BCUT2D eigenvalue weighted by Crippen LogP contribution is -2.08. The van der Waals surface area contributed by atoms with Gasteiger partial charge in [-0.2, -0.15) is 0 Å². The number of hydrogen-bond acceptors (Lipinski definition) is 6. The minimum atomic E-state index is -0.295. The van der Waals surface area contributed by atoms with Crippen LogP contribution in [0.25, 0.3) is 21.3 Å². The minimum absolute atomic E-state index is 0.0208. The molecule has 4 rings (SSSR count). The van der Waals surface area contributed by atoms with Crippen LogP contribution in [0.15, 0.2) is 52.3 Å². The van der Waals surface area contributed by atoms with E-state index in [0.29, 0.717) is 39.6 Å². The normalized spacial score (nSPS) is 11.0. The van der Waals surface area contributed by atoms with Crippen LogP contribution in [-0.2, 0) is 6.42 Å². The Morgan fingerprint density at radius 3 is 2.46 bits per heavy atom. The predicted octanol–water partition coefficient (Wildman–Crippen LogP) is 7.29. The highest BCUT2D eigenvalue weighted by atomic mass is 79.9. The van der Waals surface area contributed by atoms with Crippen molar-refractivity contribution in [3.8, 4) is 22.8 Å². The third kappa shape index (κ3) is 5.13. The van der Waals surface area contributed by atoms with Crippen molar-refractivity contribution >= 4 is 48.9 Å². The van der Waals surface area contributed by atoms with Gasteiger partial charge in [0.15, 0.2) is 23.1 Å². The van der Waals surface area contributed by atoms with Gasteiger partial charge in [-0.25, -0.2) is 9.37 Å². The zero-order chi connectivity index (χ0) is 25.1. The Morgan fingerprint density at radius 2 is 1.74 bits per heavy atom. The predicted molar refractivity (Wildman–Crippen MR) is 140 cm³/mol. The van der Waals surface area contributed by atoms with Crippen molar-refractivity contribution in [1.82, 2.24) is 4.98 Å². The Labute approximate surface area is 215 Å². The molecule has 0 saturated carbocycles. The molecule has 0 fully saturated rings. The topological polar surface area (TPSA) is 65.5 Å². The summed E-state index contributed by atoms with van der Waals surface area (Å²) < 4.78 is 26.1. The number of aryl methyl sites for hydroxylation is 1. The Bertz CT molecular complexity index is 1430. The lowest BCUT2D eigenvalue weighted by atomic mass is 10.0. The summed E-state index contributed by atoms with van der Waals surface area (Å²) in [4.78, 5) is 30.4.